The fourth-order valence-electron chi connectivity index (χ4n) is 2.00. The number of hydrogen-bond donors (Lipinski definition) is 0. The van der Waals surface area contributed by atoms with Crippen molar-refractivity contribution in [2.75, 3.05) is 13.2 Å². The summed E-state index contributed by atoms with van der Waals surface area (Å²) in [5, 5.41) is 3.63. The third-order valence-corrected chi connectivity index (χ3v) is 2.83. The van der Waals surface area contributed by atoms with E-state index in [0.717, 1.165) is 12.8 Å². The van der Waals surface area contributed by atoms with Gasteiger partial charge in [0.05, 0.1) is 18.6 Å². The van der Waals surface area contributed by atoms with Gasteiger partial charge in [0.25, 0.3) is 5.82 Å². The first kappa shape index (κ1) is 12.0. The van der Waals surface area contributed by atoms with Crippen LogP contribution in [0.25, 0.3) is 0 Å². The zero-order valence-corrected chi connectivity index (χ0v) is 10.0. The molecule has 0 N–H and O–H groups in total. The van der Waals surface area contributed by atoms with E-state index in [1.165, 1.54) is 0 Å². The number of carbonyl (C=O) groups is 1. The van der Waals surface area contributed by atoms with Gasteiger partial charge in [-0.25, -0.2) is 4.79 Å². The minimum absolute atomic E-state index is 0.0106. The Labute approximate surface area is 99.3 Å². The van der Waals surface area contributed by atoms with Crippen molar-refractivity contribution in [3.63, 3.8) is 0 Å². The molecule has 17 heavy (non-hydrogen) atoms. The first-order chi connectivity index (χ1) is 8.26. The van der Waals surface area contributed by atoms with Crippen molar-refractivity contribution in [2.45, 2.75) is 38.7 Å². The van der Waals surface area contributed by atoms with E-state index in [9.17, 15) is 4.79 Å². The average Bonchev–Trinajstić information content (AvgIpc) is 2.97. The lowest BCUT2D eigenvalue weighted by atomic mass is 10.00. The molecule has 1 aliphatic rings. The zero-order valence-electron chi connectivity index (χ0n) is 10.0. The Morgan fingerprint density at radius 1 is 1.53 bits per heavy atom. The Morgan fingerprint density at radius 2 is 2.35 bits per heavy atom. The number of aromatic nitrogens is 2. The average molecular weight is 240 g/mol. The van der Waals surface area contributed by atoms with Gasteiger partial charge in [-0.05, 0) is 24.9 Å². The van der Waals surface area contributed by atoms with Gasteiger partial charge in [0.15, 0.2) is 0 Å². The van der Waals surface area contributed by atoms with Crippen LogP contribution in [0.2, 0.25) is 0 Å². The molecule has 0 aliphatic carbocycles. The molecule has 6 heteroatoms. The summed E-state index contributed by atoms with van der Waals surface area (Å²) in [6, 6.07) is 0. The van der Waals surface area contributed by atoms with Crippen LogP contribution in [-0.2, 0) is 9.47 Å². The van der Waals surface area contributed by atoms with Gasteiger partial charge in [-0.15, -0.1) is 0 Å². The highest BCUT2D eigenvalue weighted by Crippen LogP contribution is 2.31. The molecular weight excluding hydrogens is 224 g/mol. The van der Waals surface area contributed by atoms with Gasteiger partial charge in [-0.1, -0.05) is 6.92 Å². The molecule has 6 nitrogen and oxygen atoms in total. The van der Waals surface area contributed by atoms with Crippen molar-refractivity contribution in [1.29, 1.82) is 0 Å². The molecule has 1 aromatic rings. The van der Waals surface area contributed by atoms with Crippen LogP contribution in [0.1, 0.15) is 49.1 Å². The predicted octanol–water partition coefficient (Wildman–Crippen LogP) is 1.53. The molecule has 2 rings (SSSR count). The van der Waals surface area contributed by atoms with Crippen LogP contribution in [0.4, 0.5) is 0 Å². The maximum atomic E-state index is 11.4. The Kier molecular flexibility index (Phi) is 3.73. The molecule has 1 saturated heterocycles. The molecule has 1 aliphatic heterocycles. The van der Waals surface area contributed by atoms with Crippen LogP contribution in [0.3, 0.4) is 0 Å². The number of rotatable bonds is 4. The standard InChI is InChI=1S/C11H16N2O4/c1-3-8-7(5-6-16-8)10-12-9(13-17-10)11(14)15-4-2/h7-8H,3-6H2,1-2H3. The molecule has 0 spiro atoms. The van der Waals surface area contributed by atoms with Crippen LogP contribution >= 0.6 is 0 Å². The second-order valence-corrected chi connectivity index (χ2v) is 3.89. The van der Waals surface area contributed by atoms with E-state index in [-0.39, 0.29) is 17.8 Å². The zero-order chi connectivity index (χ0) is 12.3. The molecule has 0 amide bonds. The highest BCUT2D eigenvalue weighted by molar-refractivity contribution is 5.84. The number of ether oxygens (including phenoxy) is 2. The number of carbonyl (C=O) groups excluding carboxylic acids is 1. The molecule has 0 bridgehead atoms. The summed E-state index contributed by atoms with van der Waals surface area (Å²) >= 11 is 0. The van der Waals surface area contributed by atoms with E-state index in [1.807, 2.05) is 6.92 Å². The van der Waals surface area contributed by atoms with Crippen LogP contribution in [0.5, 0.6) is 0 Å². The molecule has 2 heterocycles. The Bertz CT molecular complexity index is 391. The topological polar surface area (TPSA) is 74.5 Å². The number of nitrogens with zero attached hydrogens (tertiary/aromatic N) is 2. The first-order valence-electron chi connectivity index (χ1n) is 5.88. The summed E-state index contributed by atoms with van der Waals surface area (Å²) in [6.45, 7) is 4.77. The van der Waals surface area contributed by atoms with Gasteiger partial charge >= 0.3 is 5.97 Å². The molecule has 94 valence electrons. The third kappa shape index (κ3) is 2.46. The second kappa shape index (κ2) is 5.27. The lowest BCUT2D eigenvalue weighted by Gasteiger charge is -2.11. The van der Waals surface area contributed by atoms with E-state index in [1.54, 1.807) is 6.92 Å². The Morgan fingerprint density at radius 3 is 3.06 bits per heavy atom. The lowest BCUT2D eigenvalue weighted by Crippen LogP contribution is -2.13. The maximum absolute atomic E-state index is 11.4. The molecule has 2 unspecified atom stereocenters. The molecule has 0 saturated carbocycles. The first-order valence-corrected chi connectivity index (χ1v) is 5.88. The van der Waals surface area contributed by atoms with Crippen molar-refractivity contribution in [3.8, 4) is 0 Å². The SMILES string of the molecule is CCOC(=O)c1noc(C2CCOC2CC)n1. The van der Waals surface area contributed by atoms with Crippen LogP contribution in [0.15, 0.2) is 4.52 Å². The summed E-state index contributed by atoms with van der Waals surface area (Å²) in [4.78, 5) is 15.5. The predicted molar refractivity (Wildman–Crippen MR) is 57.6 cm³/mol. The monoisotopic (exact) mass is 240 g/mol. The molecule has 1 fully saturated rings. The van der Waals surface area contributed by atoms with Crippen molar-refractivity contribution in [2.24, 2.45) is 0 Å². The highest BCUT2D eigenvalue weighted by Gasteiger charge is 2.33. The van der Waals surface area contributed by atoms with Crippen LogP contribution in [-0.4, -0.2) is 35.4 Å². The number of hydrogen-bond acceptors (Lipinski definition) is 6. The normalized spacial score (nSPS) is 23.9. The van der Waals surface area contributed by atoms with Gasteiger partial charge in [0.1, 0.15) is 0 Å². The van der Waals surface area contributed by atoms with Gasteiger partial charge in [0.2, 0.25) is 5.89 Å². The van der Waals surface area contributed by atoms with E-state index in [0.29, 0.717) is 19.1 Å². The Hall–Kier alpha value is -1.43. The van der Waals surface area contributed by atoms with E-state index in [2.05, 4.69) is 10.1 Å². The summed E-state index contributed by atoms with van der Waals surface area (Å²) in [7, 11) is 0. The molecule has 2 atom stereocenters. The molecule has 0 radical (unpaired) electrons. The highest BCUT2D eigenvalue weighted by atomic mass is 16.5. The van der Waals surface area contributed by atoms with E-state index < -0.39 is 5.97 Å². The van der Waals surface area contributed by atoms with E-state index in [4.69, 9.17) is 14.0 Å². The van der Waals surface area contributed by atoms with E-state index >= 15 is 0 Å². The van der Waals surface area contributed by atoms with Crippen LogP contribution in [0, 0.1) is 0 Å². The maximum Gasteiger partial charge on any atom is 0.379 e. The molecular formula is C11H16N2O4. The smallest absolute Gasteiger partial charge is 0.379 e. The second-order valence-electron chi connectivity index (χ2n) is 3.89. The van der Waals surface area contributed by atoms with Crippen molar-refractivity contribution in [3.05, 3.63) is 11.7 Å². The summed E-state index contributed by atoms with van der Waals surface area (Å²) in [5.74, 6) is 0.00569. The fraction of sp³-hybridized carbons (Fsp3) is 0.727. The molecule has 1 aromatic heterocycles. The Balaban J connectivity index is 2.09. The number of esters is 1. The summed E-state index contributed by atoms with van der Waals surface area (Å²) < 4.78 is 15.5. The van der Waals surface area contributed by atoms with Crippen molar-refractivity contribution in [1.82, 2.24) is 10.1 Å². The molecule has 0 aromatic carbocycles. The fourth-order valence-corrected chi connectivity index (χ4v) is 2.00. The minimum atomic E-state index is -0.547. The van der Waals surface area contributed by atoms with Gasteiger partial charge in [-0.3, -0.25) is 0 Å². The quantitative estimate of drug-likeness (QED) is 0.743. The van der Waals surface area contributed by atoms with Gasteiger partial charge < -0.3 is 14.0 Å². The summed E-state index contributed by atoms with van der Waals surface area (Å²) in [6.07, 6.45) is 1.84. The third-order valence-electron chi connectivity index (χ3n) is 2.83. The van der Waals surface area contributed by atoms with Crippen LogP contribution < -0.4 is 0 Å². The largest absolute Gasteiger partial charge is 0.460 e. The van der Waals surface area contributed by atoms with Crippen molar-refractivity contribution >= 4 is 5.97 Å². The van der Waals surface area contributed by atoms with Gasteiger partial charge in [0, 0.05) is 6.61 Å². The summed E-state index contributed by atoms with van der Waals surface area (Å²) in [5.41, 5.74) is 0. The van der Waals surface area contributed by atoms with Gasteiger partial charge in [-0.2, -0.15) is 4.98 Å². The lowest BCUT2D eigenvalue weighted by molar-refractivity contribution is 0.0508. The van der Waals surface area contributed by atoms with Crippen molar-refractivity contribution < 1.29 is 18.8 Å². The minimum Gasteiger partial charge on any atom is -0.460 e.